The summed E-state index contributed by atoms with van der Waals surface area (Å²) in [6, 6.07) is 9.01. The number of rotatable bonds is 3. The lowest BCUT2D eigenvalue weighted by atomic mass is 10.2. The minimum absolute atomic E-state index is 0. The summed E-state index contributed by atoms with van der Waals surface area (Å²) in [5.41, 5.74) is 1.30. The lowest BCUT2D eigenvalue weighted by Crippen LogP contribution is -2.48. The zero-order valence-electron chi connectivity index (χ0n) is 11.4. The third kappa shape index (κ3) is 3.53. The zero-order valence-corrected chi connectivity index (χ0v) is 12.2. The van der Waals surface area contributed by atoms with E-state index < -0.39 is 0 Å². The van der Waals surface area contributed by atoms with Crippen LogP contribution in [0, 0.1) is 0 Å². The molecule has 0 unspecified atom stereocenters. The molecule has 0 bridgehead atoms. The summed E-state index contributed by atoms with van der Waals surface area (Å²) in [5, 5.41) is 0. The first-order valence-corrected chi connectivity index (χ1v) is 6.34. The fourth-order valence-corrected chi connectivity index (χ4v) is 2.29. The highest BCUT2D eigenvalue weighted by Gasteiger charge is 2.18. The molecule has 2 rings (SSSR count). The molecule has 0 atom stereocenters. The van der Waals surface area contributed by atoms with Crippen molar-refractivity contribution in [2.75, 3.05) is 38.2 Å². The minimum atomic E-state index is 0. The summed E-state index contributed by atoms with van der Waals surface area (Å²) in [6.45, 7) is 9.08. The molecule has 102 valence electrons. The summed E-state index contributed by atoms with van der Waals surface area (Å²) in [6.07, 6.45) is 0. The summed E-state index contributed by atoms with van der Waals surface area (Å²) >= 11 is 0. The molecule has 3 nitrogen and oxygen atoms in total. The maximum atomic E-state index is 5.18. The van der Waals surface area contributed by atoms with E-state index in [1.54, 1.807) is 7.11 Å². The molecule has 0 aliphatic carbocycles. The summed E-state index contributed by atoms with van der Waals surface area (Å²) in [7, 11) is 1.70. The van der Waals surface area contributed by atoms with Crippen LogP contribution in [0.1, 0.15) is 13.8 Å². The predicted octanol–water partition coefficient (Wildman–Crippen LogP) is 2.65. The molecule has 0 saturated carbocycles. The quantitative estimate of drug-likeness (QED) is 0.840. The maximum Gasteiger partial charge on any atom is 0.119 e. The van der Waals surface area contributed by atoms with Gasteiger partial charge < -0.3 is 9.64 Å². The van der Waals surface area contributed by atoms with Gasteiger partial charge in [-0.05, 0) is 38.1 Å². The Morgan fingerprint density at radius 1 is 1.00 bits per heavy atom. The summed E-state index contributed by atoms with van der Waals surface area (Å²) in [5.74, 6) is 0.926. The molecule has 0 radical (unpaired) electrons. The van der Waals surface area contributed by atoms with Crippen LogP contribution in [0.5, 0.6) is 5.75 Å². The Labute approximate surface area is 116 Å². The molecule has 1 aliphatic heterocycles. The molecule has 0 N–H and O–H groups in total. The van der Waals surface area contributed by atoms with Gasteiger partial charge in [-0.25, -0.2) is 0 Å². The van der Waals surface area contributed by atoms with Gasteiger partial charge in [0.25, 0.3) is 0 Å². The number of piperazine rings is 1. The molecule has 18 heavy (non-hydrogen) atoms. The molecule has 1 aliphatic rings. The van der Waals surface area contributed by atoms with Gasteiger partial charge in [0.15, 0.2) is 0 Å². The van der Waals surface area contributed by atoms with Crippen molar-refractivity contribution in [3.8, 4) is 5.75 Å². The number of hydrogen-bond donors (Lipinski definition) is 0. The monoisotopic (exact) mass is 270 g/mol. The maximum absolute atomic E-state index is 5.18. The third-order valence-corrected chi connectivity index (χ3v) is 3.48. The Kier molecular flexibility index (Phi) is 5.76. The number of benzene rings is 1. The standard InChI is InChI=1S/C14H22N2O.ClH/c1-12(2)15-8-10-16(11-9-15)13-4-6-14(17-3)7-5-13;/h4-7,12H,8-11H2,1-3H3;1H. The van der Waals surface area contributed by atoms with Crippen LogP contribution in [0.2, 0.25) is 0 Å². The minimum Gasteiger partial charge on any atom is -0.497 e. The van der Waals surface area contributed by atoms with Crippen LogP contribution in [0.15, 0.2) is 24.3 Å². The topological polar surface area (TPSA) is 15.7 Å². The fourth-order valence-electron chi connectivity index (χ4n) is 2.29. The van der Waals surface area contributed by atoms with E-state index in [2.05, 4.69) is 35.8 Å². The number of nitrogens with zero attached hydrogens (tertiary/aromatic N) is 2. The van der Waals surface area contributed by atoms with Crippen LogP contribution in [-0.2, 0) is 0 Å². The summed E-state index contributed by atoms with van der Waals surface area (Å²) < 4.78 is 5.18. The van der Waals surface area contributed by atoms with E-state index >= 15 is 0 Å². The molecular formula is C14H23ClN2O. The van der Waals surface area contributed by atoms with Gasteiger partial charge in [-0.1, -0.05) is 0 Å². The van der Waals surface area contributed by atoms with Crippen molar-refractivity contribution in [1.82, 2.24) is 4.90 Å². The third-order valence-electron chi connectivity index (χ3n) is 3.48. The average molecular weight is 271 g/mol. The first-order chi connectivity index (χ1) is 8.20. The SMILES string of the molecule is COc1ccc(N2CCN(C(C)C)CC2)cc1.Cl. The van der Waals surface area contributed by atoms with Crippen molar-refractivity contribution in [3.05, 3.63) is 24.3 Å². The first kappa shape index (κ1) is 15.1. The van der Waals surface area contributed by atoms with Gasteiger partial charge in [0, 0.05) is 37.9 Å². The molecule has 0 amide bonds. The van der Waals surface area contributed by atoms with E-state index in [1.165, 1.54) is 5.69 Å². The van der Waals surface area contributed by atoms with Crippen molar-refractivity contribution in [3.63, 3.8) is 0 Å². The molecule has 0 spiro atoms. The second kappa shape index (κ2) is 6.86. The zero-order chi connectivity index (χ0) is 12.3. The van der Waals surface area contributed by atoms with Crippen molar-refractivity contribution < 1.29 is 4.74 Å². The lowest BCUT2D eigenvalue weighted by Gasteiger charge is -2.38. The van der Waals surface area contributed by atoms with Crippen LogP contribution < -0.4 is 9.64 Å². The van der Waals surface area contributed by atoms with Crippen LogP contribution >= 0.6 is 12.4 Å². The highest BCUT2D eigenvalue weighted by Crippen LogP contribution is 2.20. The van der Waals surface area contributed by atoms with Gasteiger partial charge >= 0.3 is 0 Å². The van der Waals surface area contributed by atoms with E-state index in [0.29, 0.717) is 6.04 Å². The smallest absolute Gasteiger partial charge is 0.119 e. The number of hydrogen-bond acceptors (Lipinski definition) is 3. The normalized spacial score (nSPS) is 16.6. The molecule has 1 saturated heterocycles. The Balaban J connectivity index is 0.00000162. The van der Waals surface area contributed by atoms with Crippen LogP contribution in [0.25, 0.3) is 0 Å². The van der Waals surface area contributed by atoms with E-state index in [1.807, 2.05) is 12.1 Å². The molecule has 1 aromatic carbocycles. The van der Waals surface area contributed by atoms with Crippen LogP contribution in [-0.4, -0.2) is 44.2 Å². The Morgan fingerprint density at radius 2 is 1.56 bits per heavy atom. The van der Waals surface area contributed by atoms with Crippen LogP contribution in [0.4, 0.5) is 5.69 Å². The largest absolute Gasteiger partial charge is 0.497 e. The Bertz CT molecular complexity index is 345. The van der Waals surface area contributed by atoms with E-state index in [4.69, 9.17) is 4.74 Å². The highest BCUT2D eigenvalue weighted by atomic mass is 35.5. The number of methoxy groups -OCH3 is 1. The van der Waals surface area contributed by atoms with Gasteiger partial charge in [0.05, 0.1) is 7.11 Å². The predicted molar refractivity (Wildman–Crippen MR) is 79.2 cm³/mol. The molecular weight excluding hydrogens is 248 g/mol. The Hall–Kier alpha value is -0.930. The van der Waals surface area contributed by atoms with E-state index in [-0.39, 0.29) is 12.4 Å². The second-order valence-electron chi connectivity index (χ2n) is 4.81. The Morgan fingerprint density at radius 3 is 2.00 bits per heavy atom. The average Bonchev–Trinajstić information content (AvgIpc) is 2.39. The van der Waals surface area contributed by atoms with Crippen molar-refractivity contribution in [2.45, 2.75) is 19.9 Å². The lowest BCUT2D eigenvalue weighted by molar-refractivity contribution is 0.209. The number of ether oxygens (including phenoxy) is 1. The van der Waals surface area contributed by atoms with Gasteiger partial charge in [-0.3, -0.25) is 4.90 Å². The number of anilines is 1. The van der Waals surface area contributed by atoms with Gasteiger partial charge in [0.2, 0.25) is 0 Å². The van der Waals surface area contributed by atoms with E-state index in [9.17, 15) is 0 Å². The molecule has 0 aromatic heterocycles. The highest BCUT2D eigenvalue weighted by molar-refractivity contribution is 5.85. The van der Waals surface area contributed by atoms with Gasteiger partial charge in [-0.15, -0.1) is 12.4 Å². The molecule has 4 heteroatoms. The first-order valence-electron chi connectivity index (χ1n) is 6.34. The van der Waals surface area contributed by atoms with Crippen molar-refractivity contribution in [1.29, 1.82) is 0 Å². The molecule has 1 fully saturated rings. The second-order valence-corrected chi connectivity index (χ2v) is 4.81. The van der Waals surface area contributed by atoms with Gasteiger partial charge in [-0.2, -0.15) is 0 Å². The van der Waals surface area contributed by atoms with Crippen molar-refractivity contribution >= 4 is 18.1 Å². The van der Waals surface area contributed by atoms with Crippen LogP contribution in [0.3, 0.4) is 0 Å². The van der Waals surface area contributed by atoms with Crippen molar-refractivity contribution in [2.24, 2.45) is 0 Å². The molecule has 1 aromatic rings. The summed E-state index contributed by atoms with van der Waals surface area (Å²) in [4.78, 5) is 4.97. The fraction of sp³-hybridized carbons (Fsp3) is 0.571. The van der Waals surface area contributed by atoms with Gasteiger partial charge in [0.1, 0.15) is 5.75 Å². The number of halogens is 1. The van der Waals surface area contributed by atoms with E-state index in [0.717, 1.165) is 31.9 Å². The molecule has 1 heterocycles.